The van der Waals surface area contributed by atoms with Crippen molar-refractivity contribution >= 4 is 33.0 Å². The zero-order valence-electron chi connectivity index (χ0n) is 10.6. The summed E-state index contributed by atoms with van der Waals surface area (Å²) in [6.07, 6.45) is 0. The SMILES string of the molecule is CN(Cc1cscn1)S(=O)(=O)Cc1ccc(Cl)cc1F. The predicted octanol–water partition coefficient (Wildman–Crippen LogP) is 2.90. The minimum atomic E-state index is -3.61. The van der Waals surface area contributed by atoms with E-state index in [0.717, 1.165) is 10.4 Å². The fourth-order valence-corrected chi connectivity index (χ4v) is 3.47. The van der Waals surface area contributed by atoms with E-state index in [-0.39, 0.29) is 17.1 Å². The van der Waals surface area contributed by atoms with Gasteiger partial charge in [-0.05, 0) is 12.1 Å². The Balaban J connectivity index is 2.14. The Hall–Kier alpha value is -1.02. The Kier molecular flexibility index (Phi) is 4.74. The van der Waals surface area contributed by atoms with Gasteiger partial charge in [-0.3, -0.25) is 0 Å². The maximum atomic E-state index is 13.6. The van der Waals surface area contributed by atoms with Gasteiger partial charge in [-0.1, -0.05) is 17.7 Å². The molecule has 0 saturated carbocycles. The molecule has 0 aliphatic rings. The summed E-state index contributed by atoms with van der Waals surface area (Å²) in [6, 6.07) is 3.95. The Morgan fingerprint density at radius 3 is 2.80 bits per heavy atom. The summed E-state index contributed by atoms with van der Waals surface area (Å²) in [4.78, 5) is 4.03. The van der Waals surface area contributed by atoms with Crippen molar-refractivity contribution in [2.45, 2.75) is 12.3 Å². The summed E-state index contributed by atoms with van der Waals surface area (Å²) < 4.78 is 39.1. The van der Waals surface area contributed by atoms with Crippen LogP contribution in [0.2, 0.25) is 5.02 Å². The Morgan fingerprint density at radius 2 is 2.20 bits per heavy atom. The first-order valence-corrected chi connectivity index (χ1v) is 8.56. The van der Waals surface area contributed by atoms with Crippen molar-refractivity contribution in [1.82, 2.24) is 9.29 Å². The fraction of sp³-hybridized carbons (Fsp3) is 0.250. The van der Waals surface area contributed by atoms with Crippen LogP contribution in [0.4, 0.5) is 4.39 Å². The van der Waals surface area contributed by atoms with Gasteiger partial charge in [0.1, 0.15) is 5.82 Å². The Bertz CT molecular complexity index is 689. The average molecular weight is 335 g/mol. The number of hydrogen-bond donors (Lipinski definition) is 0. The van der Waals surface area contributed by atoms with Gasteiger partial charge in [0.15, 0.2) is 0 Å². The quantitative estimate of drug-likeness (QED) is 0.844. The number of halogens is 2. The zero-order chi connectivity index (χ0) is 14.8. The van der Waals surface area contributed by atoms with Gasteiger partial charge in [0.25, 0.3) is 0 Å². The lowest BCUT2D eigenvalue weighted by atomic mass is 10.2. The molecule has 108 valence electrons. The lowest BCUT2D eigenvalue weighted by molar-refractivity contribution is 0.461. The number of sulfonamides is 1. The number of aromatic nitrogens is 1. The molecule has 1 aromatic heterocycles. The van der Waals surface area contributed by atoms with E-state index < -0.39 is 21.6 Å². The molecule has 0 bridgehead atoms. The molecule has 1 aromatic carbocycles. The number of rotatable bonds is 5. The van der Waals surface area contributed by atoms with Crippen LogP contribution < -0.4 is 0 Å². The van der Waals surface area contributed by atoms with E-state index in [0.29, 0.717) is 5.69 Å². The third kappa shape index (κ3) is 3.76. The highest BCUT2D eigenvalue weighted by atomic mass is 35.5. The van der Waals surface area contributed by atoms with Crippen molar-refractivity contribution in [3.8, 4) is 0 Å². The molecule has 0 N–H and O–H groups in total. The van der Waals surface area contributed by atoms with E-state index >= 15 is 0 Å². The molecule has 0 aliphatic carbocycles. The van der Waals surface area contributed by atoms with E-state index in [2.05, 4.69) is 4.98 Å². The molecule has 20 heavy (non-hydrogen) atoms. The molecule has 4 nitrogen and oxygen atoms in total. The van der Waals surface area contributed by atoms with Crippen molar-refractivity contribution in [1.29, 1.82) is 0 Å². The minimum absolute atomic E-state index is 0.0968. The van der Waals surface area contributed by atoms with E-state index in [1.54, 1.807) is 10.9 Å². The highest BCUT2D eigenvalue weighted by Crippen LogP contribution is 2.19. The summed E-state index contributed by atoms with van der Waals surface area (Å²) in [5.74, 6) is -1.03. The van der Waals surface area contributed by atoms with E-state index in [4.69, 9.17) is 11.6 Å². The molecule has 1 heterocycles. The number of nitrogens with zero attached hydrogens (tertiary/aromatic N) is 2. The van der Waals surface area contributed by atoms with Crippen molar-refractivity contribution in [2.75, 3.05) is 7.05 Å². The molecular weight excluding hydrogens is 323 g/mol. The lowest BCUT2D eigenvalue weighted by Crippen LogP contribution is -2.28. The van der Waals surface area contributed by atoms with Crippen LogP contribution in [0.1, 0.15) is 11.3 Å². The Labute approximate surface area is 125 Å². The topological polar surface area (TPSA) is 50.3 Å². The fourth-order valence-electron chi connectivity index (χ4n) is 1.59. The molecule has 8 heteroatoms. The Morgan fingerprint density at radius 1 is 1.45 bits per heavy atom. The van der Waals surface area contributed by atoms with Crippen LogP contribution >= 0.6 is 22.9 Å². The van der Waals surface area contributed by atoms with Gasteiger partial charge in [-0.15, -0.1) is 11.3 Å². The molecule has 0 atom stereocenters. The van der Waals surface area contributed by atoms with E-state index in [9.17, 15) is 12.8 Å². The smallest absolute Gasteiger partial charge is 0.218 e. The first kappa shape index (κ1) is 15.4. The molecule has 0 spiro atoms. The van der Waals surface area contributed by atoms with E-state index in [1.165, 1.54) is 30.5 Å². The third-order valence-electron chi connectivity index (χ3n) is 2.70. The molecule has 0 aliphatic heterocycles. The molecule has 0 unspecified atom stereocenters. The molecular formula is C12H12ClFN2O2S2. The standard InChI is InChI=1S/C12H12ClFN2O2S2/c1-16(5-11-6-19-8-15-11)20(17,18)7-9-2-3-10(13)4-12(9)14/h2-4,6,8H,5,7H2,1H3. The molecule has 0 saturated heterocycles. The molecule has 0 fully saturated rings. The predicted molar refractivity (Wildman–Crippen MR) is 77.6 cm³/mol. The van der Waals surface area contributed by atoms with Gasteiger partial charge in [0, 0.05) is 23.0 Å². The number of benzene rings is 1. The highest BCUT2D eigenvalue weighted by Gasteiger charge is 2.21. The maximum absolute atomic E-state index is 13.6. The first-order valence-electron chi connectivity index (χ1n) is 5.63. The molecule has 2 rings (SSSR count). The third-order valence-corrected chi connectivity index (χ3v) is 5.32. The summed E-state index contributed by atoms with van der Waals surface area (Å²) in [5.41, 5.74) is 2.39. The van der Waals surface area contributed by atoms with Crippen LogP contribution in [0, 0.1) is 5.82 Å². The van der Waals surface area contributed by atoms with E-state index in [1.807, 2.05) is 0 Å². The lowest BCUT2D eigenvalue weighted by Gasteiger charge is -2.16. The van der Waals surface area contributed by atoms with Gasteiger partial charge >= 0.3 is 0 Å². The summed E-state index contributed by atoms with van der Waals surface area (Å²) in [7, 11) is -2.16. The average Bonchev–Trinajstić information content (AvgIpc) is 2.85. The van der Waals surface area contributed by atoms with Gasteiger partial charge in [0.05, 0.1) is 23.5 Å². The van der Waals surface area contributed by atoms with Crippen LogP contribution in [0.3, 0.4) is 0 Å². The zero-order valence-corrected chi connectivity index (χ0v) is 13.0. The van der Waals surface area contributed by atoms with Crippen molar-refractivity contribution in [2.24, 2.45) is 0 Å². The van der Waals surface area contributed by atoms with Crippen LogP contribution in [-0.2, 0) is 22.3 Å². The normalized spacial score (nSPS) is 12.0. The van der Waals surface area contributed by atoms with Gasteiger partial charge < -0.3 is 0 Å². The summed E-state index contributed by atoms with van der Waals surface area (Å²) in [5, 5.41) is 2.01. The monoisotopic (exact) mass is 334 g/mol. The van der Waals surface area contributed by atoms with Crippen LogP contribution in [0.5, 0.6) is 0 Å². The number of hydrogen-bond acceptors (Lipinski definition) is 4. The van der Waals surface area contributed by atoms with Crippen molar-refractivity contribution in [3.63, 3.8) is 0 Å². The highest BCUT2D eigenvalue weighted by molar-refractivity contribution is 7.88. The number of thiazole rings is 1. The molecule has 2 aromatic rings. The summed E-state index contributed by atoms with van der Waals surface area (Å²) >= 11 is 7.03. The largest absolute Gasteiger partial charge is 0.248 e. The van der Waals surface area contributed by atoms with Gasteiger partial charge in [0.2, 0.25) is 10.0 Å². The van der Waals surface area contributed by atoms with Crippen LogP contribution in [0.25, 0.3) is 0 Å². The molecule has 0 amide bonds. The second-order valence-corrected chi connectivity index (χ2v) is 7.46. The maximum Gasteiger partial charge on any atom is 0.218 e. The second kappa shape index (κ2) is 6.17. The first-order chi connectivity index (χ1) is 9.38. The van der Waals surface area contributed by atoms with Crippen LogP contribution in [0.15, 0.2) is 29.1 Å². The minimum Gasteiger partial charge on any atom is -0.248 e. The van der Waals surface area contributed by atoms with Crippen molar-refractivity contribution in [3.05, 3.63) is 51.2 Å². The second-order valence-electron chi connectivity index (χ2n) is 4.23. The molecule has 0 radical (unpaired) electrons. The van der Waals surface area contributed by atoms with Gasteiger partial charge in [-0.2, -0.15) is 4.31 Å². The van der Waals surface area contributed by atoms with Crippen LogP contribution in [-0.4, -0.2) is 24.8 Å². The van der Waals surface area contributed by atoms with Gasteiger partial charge in [-0.25, -0.2) is 17.8 Å². The van der Waals surface area contributed by atoms with Crippen molar-refractivity contribution < 1.29 is 12.8 Å². The summed E-state index contributed by atoms with van der Waals surface area (Å²) in [6.45, 7) is 0.168.